The van der Waals surface area contributed by atoms with Crippen LogP contribution in [0.3, 0.4) is 0 Å². The number of thiazole rings is 1. The van der Waals surface area contributed by atoms with E-state index in [1.54, 1.807) is 16.8 Å². The highest BCUT2D eigenvalue weighted by Gasteiger charge is 2.28. The van der Waals surface area contributed by atoms with Crippen molar-refractivity contribution in [3.8, 4) is 0 Å². The largest absolute Gasteiger partial charge is 0.349 e. The topological polar surface area (TPSA) is 68.0 Å². The second-order valence-electron chi connectivity index (χ2n) is 4.80. The fourth-order valence-corrected chi connectivity index (χ4v) is 2.01. The zero-order chi connectivity index (χ0) is 12.9. The van der Waals surface area contributed by atoms with Gasteiger partial charge < -0.3 is 11.1 Å². The van der Waals surface area contributed by atoms with Gasteiger partial charge in [-0.2, -0.15) is 0 Å². The Bertz CT molecular complexity index is 351. The first kappa shape index (κ1) is 14.1. The minimum absolute atomic E-state index is 0.0413. The third kappa shape index (κ3) is 4.09. The van der Waals surface area contributed by atoms with Crippen molar-refractivity contribution in [1.29, 1.82) is 0 Å². The molecule has 0 aliphatic carbocycles. The summed E-state index contributed by atoms with van der Waals surface area (Å²) in [5.41, 5.74) is 8.16. The minimum Gasteiger partial charge on any atom is -0.349 e. The van der Waals surface area contributed by atoms with Crippen LogP contribution in [0.2, 0.25) is 0 Å². The molecule has 0 saturated heterocycles. The molecule has 0 aliphatic heterocycles. The number of aromatic nitrogens is 1. The molecule has 1 aromatic heterocycles. The third-order valence-electron chi connectivity index (χ3n) is 3.21. The van der Waals surface area contributed by atoms with Gasteiger partial charge in [0, 0.05) is 18.3 Å². The van der Waals surface area contributed by atoms with E-state index in [9.17, 15) is 4.79 Å². The summed E-state index contributed by atoms with van der Waals surface area (Å²) in [6.45, 7) is 6.56. The van der Waals surface area contributed by atoms with Gasteiger partial charge in [0.25, 0.3) is 0 Å². The van der Waals surface area contributed by atoms with Crippen molar-refractivity contribution in [3.63, 3.8) is 0 Å². The predicted octanol–water partition coefficient (Wildman–Crippen LogP) is 1.57. The summed E-state index contributed by atoms with van der Waals surface area (Å²) >= 11 is 1.55. The molecule has 1 rings (SSSR count). The number of carbonyl (C=O) groups is 1. The monoisotopic (exact) mass is 255 g/mol. The molecule has 1 amide bonds. The lowest BCUT2D eigenvalue weighted by Gasteiger charge is -2.33. The van der Waals surface area contributed by atoms with Gasteiger partial charge in [-0.3, -0.25) is 4.79 Å². The van der Waals surface area contributed by atoms with Crippen molar-refractivity contribution >= 4 is 17.2 Å². The summed E-state index contributed by atoms with van der Waals surface area (Å²) in [5.74, 6) is 0.357. The Morgan fingerprint density at radius 3 is 2.82 bits per heavy atom. The van der Waals surface area contributed by atoms with Gasteiger partial charge in [0.15, 0.2) is 0 Å². The average molecular weight is 255 g/mol. The molecule has 96 valence electrons. The van der Waals surface area contributed by atoms with Crippen LogP contribution in [-0.2, 0) is 11.2 Å². The maximum atomic E-state index is 11.8. The van der Waals surface area contributed by atoms with Gasteiger partial charge in [-0.05, 0) is 19.3 Å². The SMILES string of the molecule is CC(C)[C@@](C)(CN)NC(=O)CCc1cscn1. The van der Waals surface area contributed by atoms with E-state index < -0.39 is 0 Å². The van der Waals surface area contributed by atoms with Crippen molar-refractivity contribution in [1.82, 2.24) is 10.3 Å². The Kier molecular flexibility index (Phi) is 5.08. The number of rotatable bonds is 6. The molecule has 0 saturated carbocycles. The smallest absolute Gasteiger partial charge is 0.220 e. The van der Waals surface area contributed by atoms with Crippen LogP contribution in [0.15, 0.2) is 10.9 Å². The zero-order valence-electron chi connectivity index (χ0n) is 10.7. The summed E-state index contributed by atoms with van der Waals surface area (Å²) in [4.78, 5) is 16.0. The molecule has 0 aromatic carbocycles. The highest BCUT2D eigenvalue weighted by Crippen LogP contribution is 2.15. The van der Waals surface area contributed by atoms with Crippen LogP contribution in [0.25, 0.3) is 0 Å². The van der Waals surface area contributed by atoms with E-state index in [1.807, 2.05) is 12.3 Å². The van der Waals surface area contributed by atoms with Gasteiger partial charge in [0.2, 0.25) is 5.91 Å². The van der Waals surface area contributed by atoms with Crippen molar-refractivity contribution in [2.45, 2.75) is 39.2 Å². The molecule has 0 fully saturated rings. The number of nitrogens with one attached hydrogen (secondary N) is 1. The molecule has 1 aromatic rings. The fraction of sp³-hybridized carbons (Fsp3) is 0.667. The Hall–Kier alpha value is -0.940. The Morgan fingerprint density at radius 2 is 2.35 bits per heavy atom. The first-order valence-electron chi connectivity index (χ1n) is 5.86. The number of hydrogen-bond acceptors (Lipinski definition) is 4. The second-order valence-corrected chi connectivity index (χ2v) is 5.52. The minimum atomic E-state index is -0.320. The summed E-state index contributed by atoms with van der Waals surface area (Å²) in [7, 11) is 0. The number of aryl methyl sites for hydroxylation is 1. The average Bonchev–Trinajstić information content (AvgIpc) is 2.78. The van der Waals surface area contributed by atoms with Gasteiger partial charge >= 0.3 is 0 Å². The Labute approximate surface area is 107 Å². The molecule has 0 spiro atoms. The van der Waals surface area contributed by atoms with E-state index >= 15 is 0 Å². The lowest BCUT2D eigenvalue weighted by molar-refractivity contribution is -0.123. The van der Waals surface area contributed by atoms with Crippen LogP contribution < -0.4 is 11.1 Å². The number of carbonyl (C=O) groups excluding carboxylic acids is 1. The molecule has 1 heterocycles. The van der Waals surface area contributed by atoms with Crippen molar-refractivity contribution in [2.75, 3.05) is 6.54 Å². The van der Waals surface area contributed by atoms with Crippen LogP contribution in [0.5, 0.6) is 0 Å². The molecule has 3 N–H and O–H groups in total. The van der Waals surface area contributed by atoms with E-state index in [-0.39, 0.29) is 11.4 Å². The van der Waals surface area contributed by atoms with Gasteiger partial charge in [-0.1, -0.05) is 13.8 Å². The van der Waals surface area contributed by atoms with E-state index in [0.717, 1.165) is 5.69 Å². The molecule has 0 aliphatic rings. The van der Waals surface area contributed by atoms with Gasteiger partial charge in [-0.25, -0.2) is 4.98 Å². The predicted molar refractivity (Wildman–Crippen MR) is 70.9 cm³/mol. The van der Waals surface area contributed by atoms with Crippen LogP contribution in [-0.4, -0.2) is 23.0 Å². The van der Waals surface area contributed by atoms with Crippen LogP contribution >= 0.6 is 11.3 Å². The molecule has 4 nitrogen and oxygen atoms in total. The first-order chi connectivity index (χ1) is 7.98. The molecule has 0 radical (unpaired) electrons. The van der Waals surface area contributed by atoms with Crippen LogP contribution in [0.1, 0.15) is 32.9 Å². The van der Waals surface area contributed by atoms with Gasteiger partial charge in [0.05, 0.1) is 16.7 Å². The fourth-order valence-electron chi connectivity index (χ4n) is 1.41. The Balaban J connectivity index is 2.43. The summed E-state index contributed by atoms with van der Waals surface area (Å²) < 4.78 is 0. The highest BCUT2D eigenvalue weighted by molar-refractivity contribution is 7.07. The number of hydrogen-bond donors (Lipinski definition) is 2. The normalized spacial score (nSPS) is 14.6. The lowest BCUT2D eigenvalue weighted by atomic mass is 9.88. The molecule has 17 heavy (non-hydrogen) atoms. The molecule has 0 bridgehead atoms. The van der Waals surface area contributed by atoms with E-state index in [1.165, 1.54) is 0 Å². The van der Waals surface area contributed by atoms with E-state index in [0.29, 0.717) is 25.3 Å². The molecular weight excluding hydrogens is 234 g/mol. The van der Waals surface area contributed by atoms with Crippen LogP contribution in [0, 0.1) is 5.92 Å². The quantitative estimate of drug-likeness (QED) is 0.810. The number of nitrogens with zero attached hydrogens (tertiary/aromatic N) is 1. The van der Waals surface area contributed by atoms with Gasteiger partial charge in [-0.15, -0.1) is 11.3 Å². The first-order valence-corrected chi connectivity index (χ1v) is 6.80. The molecular formula is C12H21N3OS. The van der Waals surface area contributed by atoms with E-state index in [4.69, 9.17) is 5.73 Å². The standard InChI is InChI=1S/C12H21N3OS/c1-9(2)12(3,7-13)15-11(16)5-4-10-6-17-8-14-10/h6,8-9H,4-5,7,13H2,1-3H3,(H,15,16)/t12-/m1/s1. The number of amides is 1. The third-order valence-corrected chi connectivity index (χ3v) is 3.85. The maximum Gasteiger partial charge on any atom is 0.220 e. The molecule has 1 atom stereocenters. The summed E-state index contributed by atoms with van der Waals surface area (Å²) in [6, 6.07) is 0. The zero-order valence-corrected chi connectivity index (χ0v) is 11.5. The maximum absolute atomic E-state index is 11.8. The second kappa shape index (κ2) is 6.12. The summed E-state index contributed by atoms with van der Waals surface area (Å²) in [6.07, 6.45) is 1.15. The molecule has 0 unspecified atom stereocenters. The Morgan fingerprint density at radius 1 is 1.65 bits per heavy atom. The number of nitrogens with two attached hydrogens (primary N) is 1. The lowest BCUT2D eigenvalue weighted by Crippen LogP contribution is -2.55. The van der Waals surface area contributed by atoms with Crippen molar-refractivity contribution in [3.05, 3.63) is 16.6 Å². The van der Waals surface area contributed by atoms with Gasteiger partial charge in [0.1, 0.15) is 0 Å². The van der Waals surface area contributed by atoms with Crippen LogP contribution in [0.4, 0.5) is 0 Å². The van der Waals surface area contributed by atoms with Crippen molar-refractivity contribution in [2.24, 2.45) is 11.7 Å². The highest BCUT2D eigenvalue weighted by atomic mass is 32.1. The summed E-state index contributed by atoms with van der Waals surface area (Å²) in [5, 5.41) is 4.99. The van der Waals surface area contributed by atoms with Crippen molar-refractivity contribution < 1.29 is 4.79 Å². The van der Waals surface area contributed by atoms with E-state index in [2.05, 4.69) is 24.1 Å². The molecule has 5 heteroatoms.